The van der Waals surface area contributed by atoms with Gasteiger partial charge in [0.15, 0.2) is 0 Å². The molecular formula is C11H12F2O. The SMILES string of the molecule is Cc1cc(C(F)F)ccc1C(C)C=O. The van der Waals surface area contributed by atoms with Gasteiger partial charge in [0.2, 0.25) is 0 Å². The average molecular weight is 198 g/mol. The molecule has 0 amide bonds. The fraction of sp³-hybridized carbons (Fsp3) is 0.364. The molecule has 0 aliphatic heterocycles. The third kappa shape index (κ3) is 2.16. The molecule has 0 spiro atoms. The van der Waals surface area contributed by atoms with Gasteiger partial charge >= 0.3 is 0 Å². The summed E-state index contributed by atoms with van der Waals surface area (Å²) in [6.07, 6.45) is -1.64. The molecule has 0 saturated heterocycles. The Labute approximate surface area is 81.7 Å². The maximum Gasteiger partial charge on any atom is 0.263 e. The first-order valence-corrected chi connectivity index (χ1v) is 4.40. The smallest absolute Gasteiger partial charge is 0.263 e. The van der Waals surface area contributed by atoms with Gasteiger partial charge in [-0.3, -0.25) is 0 Å². The van der Waals surface area contributed by atoms with Crippen molar-refractivity contribution in [3.05, 3.63) is 34.9 Å². The summed E-state index contributed by atoms with van der Waals surface area (Å²) in [4.78, 5) is 10.5. The van der Waals surface area contributed by atoms with E-state index in [1.165, 1.54) is 12.1 Å². The lowest BCUT2D eigenvalue weighted by Gasteiger charge is -2.10. The Morgan fingerprint density at radius 2 is 2.00 bits per heavy atom. The molecule has 0 fully saturated rings. The van der Waals surface area contributed by atoms with Gasteiger partial charge in [-0.2, -0.15) is 0 Å². The first kappa shape index (κ1) is 10.8. The van der Waals surface area contributed by atoms with E-state index < -0.39 is 6.43 Å². The number of aldehydes is 1. The van der Waals surface area contributed by atoms with Gasteiger partial charge in [0, 0.05) is 11.5 Å². The highest BCUT2D eigenvalue weighted by atomic mass is 19.3. The summed E-state index contributed by atoms with van der Waals surface area (Å²) in [6, 6.07) is 4.39. The predicted molar refractivity (Wildman–Crippen MR) is 50.6 cm³/mol. The number of alkyl halides is 2. The second kappa shape index (κ2) is 4.31. The zero-order valence-corrected chi connectivity index (χ0v) is 8.13. The maximum absolute atomic E-state index is 12.3. The molecule has 0 heterocycles. The van der Waals surface area contributed by atoms with Crippen molar-refractivity contribution in [1.29, 1.82) is 0 Å². The van der Waals surface area contributed by atoms with E-state index >= 15 is 0 Å². The average Bonchev–Trinajstić information content (AvgIpc) is 2.16. The normalized spacial score (nSPS) is 12.9. The third-order valence-corrected chi connectivity index (χ3v) is 2.24. The second-order valence-electron chi connectivity index (χ2n) is 3.34. The molecule has 1 aromatic carbocycles. The Kier molecular flexibility index (Phi) is 3.33. The lowest BCUT2D eigenvalue weighted by atomic mass is 9.96. The van der Waals surface area contributed by atoms with Crippen molar-refractivity contribution in [1.82, 2.24) is 0 Å². The van der Waals surface area contributed by atoms with Crippen molar-refractivity contribution in [2.45, 2.75) is 26.2 Å². The molecule has 0 saturated carbocycles. The molecule has 1 atom stereocenters. The zero-order chi connectivity index (χ0) is 10.7. The van der Waals surface area contributed by atoms with E-state index in [1.54, 1.807) is 19.9 Å². The lowest BCUT2D eigenvalue weighted by Crippen LogP contribution is -1.98. The highest BCUT2D eigenvalue weighted by Crippen LogP contribution is 2.24. The fourth-order valence-corrected chi connectivity index (χ4v) is 1.42. The molecule has 0 aromatic heterocycles. The van der Waals surface area contributed by atoms with Gasteiger partial charge in [-0.05, 0) is 18.1 Å². The van der Waals surface area contributed by atoms with Crippen LogP contribution in [0, 0.1) is 6.92 Å². The van der Waals surface area contributed by atoms with E-state index in [9.17, 15) is 13.6 Å². The fourth-order valence-electron chi connectivity index (χ4n) is 1.42. The summed E-state index contributed by atoms with van der Waals surface area (Å²) in [5.41, 5.74) is 1.55. The van der Waals surface area contributed by atoms with E-state index in [2.05, 4.69) is 0 Å². The predicted octanol–water partition coefficient (Wildman–Crippen LogP) is 3.24. The Morgan fingerprint density at radius 1 is 1.36 bits per heavy atom. The summed E-state index contributed by atoms with van der Waals surface area (Å²) in [6.45, 7) is 3.48. The van der Waals surface area contributed by atoms with E-state index in [0.717, 1.165) is 17.4 Å². The summed E-state index contributed by atoms with van der Waals surface area (Å²) in [7, 11) is 0. The third-order valence-electron chi connectivity index (χ3n) is 2.24. The number of rotatable bonds is 3. The van der Waals surface area contributed by atoms with Crippen molar-refractivity contribution >= 4 is 6.29 Å². The van der Waals surface area contributed by atoms with Gasteiger partial charge in [-0.1, -0.05) is 25.1 Å². The van der Waals surface area contributed by atoms with Crippen molar-refractivity contribution in [3.8, 4) is 0 Å². The molecule has 0 radical (unpaired) electrons. The largest absolute Gasteiger partial charge is 0.303 e. The van der Waals surface area contributed by atoms with Gasteiger partial charge in [0.25, 0.3) is 6.43 Å². The van der Waals surface area contributed by atoms with Crippen LogP contribution in [0.5, 0.6) is 0 Å². The van der Waals surface area contributed by atoms with E-state index in [4.69, 9.17) is 0 Å². The number of benzene rings is 1. The second-order valence-corrected chi connectivity index (χ2v) is 3.34. The lowest BCUT2D eigenvalue weighted by molar-refractivity contribution is -0.108. The molecule has 1 rings (SSSR count). The first-order valence-electron chi connectivity index (χ1n) is 4.40. The molecule has 0 bridgehead atoms. The highest BCUT2D eigenvalue weighted by molar-refractivity contribution is 5.62. The quantitative estimate of drug-likeness (QED) is 0.681. The molecule has 1 aromatic rings. The van der Waals surface area contributed by atoms with Crippen LogP contribution in [0.4, 0.5) is 8.78 Å². The van der Waals surface area contributed by atoms with Crippen LogP contribution in [0.25, 0.3) is 0 Å². The summed E-state index contributed by atoms with van der Waals surface area (Å²) in [5.74, 6) is -0.235. The highest BCUT2D eigenvalue weighted by Gasteiger charge is 2.11. The van der Waals surface area contributed by atoms with Crippen LogP contribution in [-0.4, -0.2) is 6.29 Å². The Morgan fingerprint density at radius 3 is 2.43 bits per heavy atom. The van der Waals surface area contributed by atoms with E-state index in [1.807, 2.05) is 0 Å². The summed E-state index contributed by atoms with van der Waals surface area (Å²) >= 11 is 0. The molecule has 0 aliphatic carbocycles. The number of hydrogen-bond donors (Lipinski definition) is 0. The molecule has 76 valence electrons. The topological polar surface area (TPSA) is 17.1 Å². The van der Waals surface area contributed by atoms with Gasteiger partial charge < -0.3 is 4.79 Å². The van der Waals surface area contributed by atoms with Crippen LogP contribution < -0.4 is 0 Å². The van der Waals surface area contributed by atoms with Crippen LogP contribution in [0.3, 0.4) is 0 Å². The van der Waals surface area contributed by atoms with Crippen LogP contribution in [0.2, 0.25) is 0 Å². The number of carbonyl (C=O) groups excluding carboxylic acids is 1. The summed E-state index contributed by atoms with van der Waals surface area (Å²) in [5, 5.41) is 0. The minimum atomic E-state index is -2.45. The van der Waals surface area contributed by atoms with Crippen LogP contribution in [0.1, 0.15) is 36.0 Å². The minimum Gasteiger partial charge on any atom is -0.303 e. The molecule has 1 nitrogen and oxygen atoms in total. The number of hydrogen-bond acceptors (Lipinski definition) is 1. The molecular weight excluding hydrogens is 186 g/mol. The van der Waals surface area contributed by atoms with Gasteiger partial charge in [-0.15, -0.1) is 0 Å². The Balaban J connectivity index is 3.07. The zero-order valence-electron chi connectivity index (χ0n) is 8.13. The molecule has 1 unspecified atom stereocenters. The van der Waals surface area contributed by atoms with Crippen LogP contribution in [-0.2, 0) is 4.79 Å². The maximum atomic E-state index is 12.3. The van der Waals surface area contributed by atoms with Gasteiger partial charge in [0.1, 0.15) is 6.29 Å². The van der Waals surface area contributed by atoms with Gasteiger partial charge in [-0.25, -0.2) is 8.78 Å². The molecule has 0 aliphatic rings. The van der Waals surface area contributed by atoms with Crippen LogP contribution in [0.15, 0.2) is 18.2 Å². The minimum absolute atomic E-state index is 0.00403. The van der Waals surface area contributed by atoms with Crippen LogP contribution >= 0.6 is 0 Å². The first-order chi connectivity index (χ1) is 6.56. The summed E-state index contributed by atoms with van der Waals surface area (Å²) < 4.78 is 24.6. The molecule has 14 heavy (non-hydrogen) atoms. The number of carbonyl (C=O) groups is 1. The van der Waals surface area contributed by atoms with Crippen molar-refractivity contribution < 1.29 is 13.6 Å². The molecule has 3 heteroatoms. The van der Waals surface area contributed by atoms with Gasteiger partial charge in [0.05, 0.1) is 0 Å². The van der Waals surface area contributed by atoms with Crippen molar-refractivity contribution in [2.24, 2.45) is 0 Å². The van der Waals surface area contributed by atoms with E-state index in [0.29, 0.717) is 0 Å². The standard InChI is InChI=1S/C11H12F2O/c1-7-5-9(11(12)13)3-4-10(7)8(2)6-14/h3-6,8,11H,1-2H3. The number of aryl methyl sites for hydroxylation is 1. The van der Waals surface area contributed by atoms with E-state index in [-0.39, 0.29) is 11.5 Å². The molecule has 0 N–H and O–H groups in total. The Hall–Kier alpha value is -1.25. The monoisotopic (exact) mass is 198 g/mol. The van der Waals surface area contributed by atoms with Crippen molar-refractivity contribution in [2.75, 3.05) is 0 Å². The van der Waals surface area contributed by atoms with Crippen molar-refractivity contribution in [3.63, 3.8) is 0 Å². The number of halogens is 2. The Bertz CT molecular complexity index is 334.